The molecule has 2 saturated heterocycles. The Balaban J connectivity index is 1.55. The van der Waals surface area contributed by atoms with E-state index < -0.39 is 11.4 Å². The lowest BCUT2D eigenvalue weighted by molar-refractivity contribution is -0.147. The van der Waals surface area contributed by atoms with Crippen molar-refractivity contribution in [1.29, 1.82) is 0 Å². The van der Waals surface area contributed by atoms with E-state index in [1.165, 1.54) is 12.8 Å². The number of nitrogens with zero attached hydrogens (tertiary/aromatic N) is 2. The highest BCUT2D eigenvalue weighted by Crippen LogP contribution is 2.57. The molecule has 1 aliphatic carbocycles. The SMILES string of the molecule is O=C(CN1CCC2CC2(C(=O)O)C1)N1CCCCCC1. The molecule has 1 N–H and O–H groups in total. The zero-order valence-electron chi connectivity index (χ0n) is 12.0. The van der Waals surface area contributed by atoms with Gasteiger partial charge in [0, 0.05) is 19.6 Å². The Bertz CT molecular complexity index is 404. The van der Waals surface area contributed by atoms with Crippen LogP contribution < -0.4 is 0 Å². The molecule has 3 aliphatic rings. The van der Waals surface area contributed by atoms with Crippen LogP contribution in [0.25, 0.3) is 0 Å². The molecule has 0 radical (unpaired) electrons. The second kappa shape index (κ2) is 5.35. The molecule has 0 bridgehead atoms. The standard InChI is InChI=1S/C15H24N2O3/c18-13(17-6-3-1-2-4-7-17)10-16-8-5-12-9-15(12,11-16)14(19)20/h12H,1-11H2,(H,19,20). The maximum atomic E-state index is 12.4. The van der Waals surface area contributed by atoms with E-state index in [-0.39, 0.29) is 5.91 Å². The Labute approximate surface area is 119 Å². The highest BCUT2D eigenvalue weighted by molar-refractivity contribution is 5.80. The molecule has 0 aromatic heterocycles. The summed E-state index contributed by atoms with van der Waals surface area (Å²) in [6.07, 6.45) is 6.38. The highest BCUT2D eigenvalue weighted by atomic mass is 16.4. The quantitative estimate of drug-likeness (QED) is 0.843. The first-order chi connectivity index (χ1) is 9.62. The van der Waals surface area contributed by atoms with Gasteiger partial charge in [0.15, 0.2) is 0 Å². The lowest BCUT2D eigenvalue weighted by atomic mass is 9.97. The molecule has 5 nitrogen and oxygen atoms in total. The molecule has 2 heterocycles. The maximum absolute atomic E-state index is 12.4. The van der Waals surface area contributed by atoms with E-state index in [1.54, 1.807) is 0 Å². The van der Waals surface area contributed by atoms with E-state index in [4.69, 9.17) is 0 Å². The molecule has 112 valence electrons. The third-order valence-electron chi connectivity index (χ3n) is 5.28. The number of carbonyl (C=O) groups is 2. The number of amides is 1. The zero-order chi connectivity index (χ0) is 14.2. The van der Waals surface area contributed by atoms with Crippen molar-refractivity contribution in [2.75, 3.05) is 32.7 Å². The van der Waals surface area contributed by atoms with Crippen molar-refractivity contribution in [1.82, 2.24) is 9.80 Å². The first-order valence-corrected chi connectivity index (χ1v) is 7.85. The van der Waals surface area contributed by atoms with E-state index in [9.17, 15) is 14.7 Å². The Morgan fingerprint density at radius 1 is 1.10 bits per heavy atom. The molecule has 1 amide bonds. The van der Waals surface area contributed by atoms with E-state index in [1.807, 2.05) is 4.90 Å². The second-order valence-corrected chi connectivity index (χ2v) is 6.66. The number of rotatable bonds is 3. The lowest BCUT2D eigenvalue weighted by Gasteiger charge is -2.32. The molecule has 0 spiro atoms. The number of carboxylic acid groups (broad SMARTS) is 1. The summed E-state index contributed by atoms with van der Waals surface area (Å²) in [5.74, 6) is -0.134. The van der Waals surface area contributed by atoms with Gasteiger partial charge in [-0.05, 0) is 38.1 Å². The van der Waals surface area contributed by atoms with Gasteiger partial charge >= 0.3 is 5.97 Å². The monoisotopic (exact) mass is 280 g/mol. The van der Waals surface area contributed by atoms with Crippen LogP contribution in [0.5, 0.6) is 0 Å². The molecule has 0 aromatic rings. The number of carboxylic acids is 1. The van der Waals surface area contributed by atoms with Crippen LogP contribution in [0.15, 0.2) is 0 Å². The summed E-state index contributed by atoms with van der Waals surface area (Å²) in [7, 11) is 0. The molecule has 2 aliphatic heterocycles. The molecule has 3 fully saturated rings. The van der Waals surface area contributed by atoms with Crippen LogP contribution in [-0.2, 0) is 9.59 Å². The Morgan fingerprint density at radius 3 is 2.45 bits per heavy atom. The highest BCUT2D eigenvalue weighted by Gasteiger charge is 2.62. The number of hydrogen-bond donors (Lipinski definition) is 1. The molecule has 3 rings (SSSR count). The van der Waals surface area contributed by atoms with Gasteiger partial charge in [-0.1, -0.05) is 12.8 Å². The molecule has 2 atom stereocenters. The summed E-state index contributed by atoms with van der Waals surface area (Å²) in [6, 6.07) is 0. The van der Waals surface area contributed by atoms with Crippen LogP contribution in [0.2, 0.25) is 0 Å². The number of likely N-dealkylation sites (tertiary alicyclic amines) is 2. The van der Waals surface area contributed by atoms with Crippen molar-refractivity contribution in [2.45, 2.75) is 38.5 Å². The first kappa shape index (κ1) is 13.9. The van der Waals surface area contributed by atoms with Crippen molar-refractivity contribution in [3.63, 3.8) is 0 Å². The van der Waals surface area contributed by atoms with E-state index >= 15 is 0 Å². The summed E-state index contributed by atoms with van der Waals surface area (Å²) in [6.45, 7) is 3.59. The Hall–Kier alpha value is -1.10. The van der Waals surface area contributed by atoms with E-state index in [2.05, 4.69) is 4.90 Å². The Morgan fingerprint density at radius 2 is 1.80 bits per heavy atom. The van der Waals surface area contributed by atoms with Gasteiger partial charge in [0.1, 0.15) is 0 Å². The number of carbonyl (C=O) groups excluding carboxylic acids is 1. The minimum Gasteiger partial charge on any atom is -0.481 e. The predicted octanol–water partition coefficient (Wildman–Crippen LogP) is 1.19. The van der Waals surface area contributed by atoms with Crippen LogP contribution in [0, 0.1) is 11.3 Å². The average Bonchev–Trinajstić information content (AvgIpc) is 3.19. The Kier molecular flexibility index (Phi) is 3.71. The fourth-order valence-corrected chi connectivity index (χ4v) is 3.85. The first-order valence-electron chi connectivity index (χ1n) is 7.85. The van der Waals surface area contributed by atoms with Crippen molar-refractivity contribution in [2.24, 2.45) is 11.3 Å². The second-order valence-electron chi connectivity index (χ2n) is 6.66. The molecular formula is C15H24N2O3. The van der Waals surface area contributed by atoms with Gasteiger partial charge in [-0.2, -0.15) is 0 Å². The minimum atomic E-state index is -0.672. The molecular weight excluding hydrogens is 256 g/mol. The molecule has 2 unspecified atom stereocenters. The topological polar surface area (TPSA) is 60.9 Å². The van der Waals surface area contributed by atoms with Gasteiger partial charge in [-0.3, -0.25) is 14.5 Å². The van der Waals surface area contributed by atoms with Crippen LogP contribution in [0.4, 0.5) is 0 Å². The van der Waals surface area contributed by atoms with E-state index in [0.29, 0.717) is 19.0 Å². The number of aliphatic carboxylic acids is 1. The van der Waals surface area contributed by atoms with Crippen molar-refractivity contribution in [3.05, 3.63) is 0 Å². The zero-order valence-corrected chi connectivity index (χ0v) is 12.0. The average molecular weight is 280 g/mol. The number of fused-ring (bicyclic) bond motifs is 1. The lowest BCUT2D eigenvalue weighted by Crippen LogP contribution is -2.46. The van der Waals surface area contributed by atoms with Crippen molar-refractivity contribution >= 4 is 11.9 Å². The summed E-state index contributed by atoms with van der Waals surface area (Å²) in [4.78, 5) is 27.8. The van der Waals surface area contributed by atoms with Gasteiger partial charge in [0.05, 0.1) is 12.0 Å². The van der Waals surface area contributed by atoms with Crippen LogP contribution in [-0.4, -0.2) is 59.5 Å². The van der Waals surface area contributed by atoms with Crippen molar-refractivity contribution in [3.8, 4) is 0 Å². The van der Waals surface area contributed by atoms with Gasteiger partial charge in [-0.25, -0.2) is 0 Å². The number of piperidine rings is 1. The maximum Gasteiger partial charge on any atom is 0.311 e. The largest absolute Gasteiger partial charge is 0.481 e. The smallest absolute Gasteiger partial charge is 0.311 e. The van der Waals surface area contributed by atoms with Crippen LogP contribution in [0.1, 0.15) is 38.5 Å². The summed E-state index contributed by atoms with van der Waals surface area (Å²) >= 11 is 0. The van der Waals surface area contributed by atoms with Crippen molar-refractivity contribution < 1.29 is 14.7 Å². The van der Waals surface area contributed by atoms with E-state index in [0.717, 1.165) is 45.3 Å². The fourth-order valence-electron chi connectivity index (χ4n) is 3.85. The molecule has 20 heavy (non-hydrogen) atoms. The third kappa shape index (κ3) is 2.55. The normalized spacial score (nSPS) is 34.2. The summed E-state index contributed by atoms with van der Waals surface area (Å²) < 4.78 is 0. The molecule has 0 aromatic carbocycles. The predicted molar refractivity (Wildman–Crippen MR) is 74.3 cm³/mol. The third-order valence-corrected chi connectivity index (χ3v) is 5.28. The van der Waals surface area contributed by atoms with Gasteiger partial charge < -0.3 is 10.0 Å². The summed E-state index contributed by atoms with van der Waals surface area (Å²) in [5, 5.41) is 9.35. The molecule has 5 heteroatoms. The van der Waals surface area contributed by atoms with Crippen LogP contribution >= 0.6 is 0 Å². The molecule has 1 saturated carbocycles. The van der Waals surface area contributed by atoms with Crippen LogP contribution in [0.3, 0.4) is 0 Å². The fraction of sp³-hybridized carbons (Fsp3) is 0.867. The van der Waals surface area contributed by atoms with Gasteiger partial charge in [-0.15, -0.1) is 0 Å². The minimum absolute atomic E-state index is 0.187. The van der Waals surface area contributed by atoms with Gasteiger partial charge in [0.25, 0.3) is 0 Å². The summed E-state index contributed by atoms with van der Waals surface area (Å²) in [5.41, 5.74) is -0.530. The number of hydrogen-bond acceptors (Lipinski definition) is 3. The van der Waals surface area contributed by atoms with Gasteiger partial charge in [0.2, 0.25) is 5.91 Å².